The second kappa shape index (κ2) is 7.48. The highest BCUT2D eigenvalue weighted by Gasteiger charge is 2.23. The summed E-state index contributed by atoms with van der Waals surface area (Å²) in [5.41, 5.74) is 0.957. The fourth-order valence-corrected chi connectivity index (χ4v) is 2.71. The zero-order valence-corrected chi connectivity index (χ0v) is 14.5. The Bertz CT molecular complexity index is 628. The second-order valence-electron chi connectivity index (χ2n) is 4.70. The van der Waals surface area contributed by atoms with Crippen molar-refractivity contribution in [3.63, 3.8) is 0 Å². The van der Waals surface area contributed by atoms with Crippen LogP contribution in [0.2, 0.25) is 0 Å². The van der Waals surface area contributed by atoms with E-state index in [2.05, 4.69) is 40.1 Å². The summed E-state index contributed by atoms with van der Waals surface area (Å²) in [7, 11) is 1.57. The summed E-state index contributed by atoms with van der Waals surface area (Å²) in [6.07, 6.45) is 3.62. The molecule has 1 saturated heterocycles. The molecule has 0 bridgehead atoms. The molecule has 1 fully saturated rings. The van der Waals surface area contributed by atoms with Gasteiger partial charge in [-0.25, -0.2) is 4.79 Å². The molecule has 0 aliphatic carbocycles. The molecule has 0 saturated carbocycles. The molecule has 1 aliphatic rings. The maximum Gasteiger partial charge on any atom is 0.326 e. The molecule has 0 spiro atoms. The zero-order valence-electron chi connectivity index (χ0n) is 12.4. The lowest BCUT2D eigenvalue weighted by molar-refractivity contribution is -0.115. The summed E-state index contributed by atoms with van der Waals surface area (Å²) in [5.74, 6) is 0.848. The third-order valence-corrected chi connectivity index (χ3v) is 3.83. The average Bonchev–Trinajstić information content (AvgIpc) is 2.78. The van der Waals surface area contributed by atoms with E-state index in [9.17, 15) is 9.59 Å². The Balaban J connectivity index is 2.27. The first-order chi connectivity index (χ1) is 10.5. The molecule has 22 heavy (non-hydrogen) atoms. The maximum atomic E-state index is 11.5. The monoisotopic (exact) mass is 416 g/mol. The normalized spacial score (nSPS) is 15.7. The van der Waals surface area contributed by atoms with E-state index < -0.39 is 11.9 Å². The molecule has 1 aromatic rings. The fraction of sp³-hybridized carbons (Fsp3) is 0.333. The number of unbranched alkanes of at least 4 members (excludes halogenated alkanes) is 1. The van der Waals surface area contributed by atoms with Crippen LogP contribution in [0.5, 0.6) is 11.5 Å². The Morgan fingerprint density at radius 3 is 2.64 bits per heavy atom. The molecule has 1 heterocycles. The van der Waals surface area contributed by atoms with E-state index in [0.29, 0.717) is 18.1 Å². The highest BCUT2D eigenvalue weighted by atomic mass is 127. The standard InChI is InChI=1S/C15H17IN2O4/c1-3-4-5-22-13-10(16)6-9(8-12(13)21-2)7-11-14(19)18-15(20)17-11/h6-8H,3-5H2,1-2H3,(H2,17,18,19,20). The second-order valence-corrected chi connectivity index (χ2v) is 5.86. The van der Waals surface area contributed by atoms with E-state index in [1.165, 1.54) is 0 Å². The van der Waals surface area contributed by atoms with Crippen molar-refractivity contribution in [2.75, 3.05) is 13.7 Å². The Morgan fingerprint density at radius 1 is 1.27 bits per heavy atom. The number of ether oxygens (including phenoxy) is 2. The van der Waals surface area contributed by atoms with Gasteiger partial charge in [-0.3, -0.25) is 10.1 Å². The molecule has 6 nitrogen and oxygen atoms in total. The van der Waals surface area contributed by atoms with Gasteiger partial charge in [0.2, 0.25) is 0 Å². The Labute approximate surface area is 142 Å². The highest BCUT2D eigenvalue weighted by Crippen LogP contribution is 2.34. The molecule has 3 amide bonds. The molecule has 0 unspecified atom stereocenters. The van der Waals surface area contributed by atoms with Crippen LogP contribution in [0.1, 0.15) is 25.3 Å². The fourth-order valence-electron chi connectivity index (χ4n) is 1.93. The number of benzene rings is 1. The predicted octanol–water partition coefficient (Wildman–Crippen LogP) is 2.66. The molecule has 0 radical (unpaired) electrons. The first-order valence-electron chi connectivity index (χ1n) is 6.89. The summed E-state index contributed by atoms with van der Waals surface area (Å²) in [4.78, 5) is 22.7. The number of nitrogens with one attached hydrogen (secondary N) is 2. The molecule has 0 aromatic heterocycles. The van der Waals surface area contributed by atoms with Crippen molar-refractivity contribution in [3.05, 3.63) is 27.0 Å². The average molecular weight is 416 g/mol. The third-order valence-electron chi connectivity index (χ3n) is 3.03. The van der Waals surface area contributed by atoms with Crippen LogP contribution in [0.3, 0.4) is 0 Å². The number of imide groups is 1. The van der Waals surface area contributed by atoms with Crippen LogP contribution in [0.25, 0.3) is 6.08 Å². The molecule has 1 aliphatic heterocycles. The largest absolute Gasteiger partial charge is 0.493 e. The third kappa shape index (κ3) is 3.90. The molecular weight excluding hydrogens is 399 g/mol. The van der Waals surface area contributed by atoms with Crippen molar-refractivity contribution in [2.45, 2.75) is 19.8 Å². The van der Waals surface area contributed by atoms with E-state index >= 15 is 0 Å². The van der Waals surface area contributed by atoms with E-state index in [4.69, 9.17) is 9.47 Å². The first-order valence-corrected chi connectivity index (χ1v) is 7.97. The van der Waals surface area contributed by atoms with Crippen molar-refractivity contribution in [2.24, 2.45) is 0 Å². The molecule has 2 N–H and O–H groups in total. The molecule has 7 heteroatoms. The topological polar surface area (TPSA) is 76.7 Å². The van der Waals surface area contributed by atoms with Crippen LogP contribution in [-0.4, -0.2) is 25.7 Å². The van der Waals surface area contributed by atoms with E-state index in [1.54, 1.807) is 19.3 Å². The van der Waals surface area contributed by atoms with Gasteiger partial charge in [-0.1, -0.05) is 13.3 Å². The lowest BCUT2D eigenvalue weighted by Crippen LogP contribution is -2.22. The number of halogens is 1. The zero-order chi connectivity index (χ0) is 16.1. The minimum atomic E-state index is -0.516. The number of hydrogen-bond acceptors (Lipinski definition) is 4. The SMILES string of the molecule is CCCCOc1c(I)cc(C=C2NC(=O)NC2=O)cc1OC. The van der Waals surface area contributed by atoms with Crippen LogP contribution >= 0.6 is 22.6 Å². The van der Waals surface area contributed by atoms with E-state index in [0.717, 1.165) is 22.0 Å². The van der Waals surface area contributed by atoms with Gasteiger partial charge >= 0.3 is 6.03 Å². The van der Waals surface area contributed by atoms with E-state index in [-0.39, 0.29) is 5.70 Å². The van der Waals surface area contributed by atoms with Gasteiger partial charge in [0.1, 0.15) is 5.70 Å². The number of urea groups is 1. The predicted molar refractivity (Wildman–Crippen MR) is 90.8 cm³/mol. The van der Waals surface area contributed by atoms with Crippen LogP contribution in [-0.2, 0) is 4.79 Å². The molecule has 118 valence electrons. The number of carbonyl (C=O) groups is 2. The quantitative estimate of drug-likeness (QED) is 0.324. The van der Waals surface area contributed by atoms with Crippen molar-refractivity contribution >= 4 is 40.6 Å². The van der Waals surface area contributed by atoms with Crippen molar-refractivity contribution < 1.29 is 19.1 Å². The van der Waals surface area contributed by atoms with Crippen molar-refractivity contribution in [1.29, 1.82) is 0 Å². The van der Waals surface area contributed by atoms with E-state index in [1.807, 2.05) is 6.07 Å². The van der Waals surface area contributed by atoms with Crippen LogP contribution in [0, 0.1) is 3.57 Å². The number of carbonyl (C=O) groups excluding carboxylic acids is 2. The number of amides is 3. The maximum absolute atomic E-state index is 11.5. The summed E-state index contributed by atoms with van der Waals surface area (Å²) < 4.78 is 12.0. The van der Waals surface area contributed by atoms with Gasteiger partial charge in [0.05, 0.1) is 17.3 Å². The van der Waals surface area contributed by atoms with Gasteiger partial charge in [-0.05, 0) is 52.8 Å². The van der Waals surface area contributed by atoms with Crippen molar-refractivity contribution in [3.8, 4) is 11.5 Å². The van der Waals surface area contributed by atoms with Gasteiger partial charge < -0.3 is 14.8 Å². The molecule has 2 rings (SSSR count). The van der Waals surface area contributed by atoms with Crippen LogP contribution in [0.4, 0.5) is 4.79 Å². The van der Waals surface area contributed by atoms with Crippen LogP contribution in [0.15, 0.2) is 17.8 Å². The Kier molecular flexibility index (Phi) is 5.64. The van der Waals surface area contributed by atoms with Gasteiger partial charge in [-0.15, -0.1) is 0 Å². The van der Waals surface area contributed by atoms with Crippen molar-refractivity contribution in [1.82, 2.24) is 10.6 Å². The molecule has 0 atom stereocenters. The van der Waals surface area contributed by atoms with Crippen LogP contribution < -0.4 is 20.1 Å². The molecule has 1 aromatic carbocycles. The minimum Gasteiger partial charge on any atom is -0.493 e. The Morgan fingerprint density at radius 2 is 2.05 bits per heavy atom. The molecular formula is C15H17IN2O4. The number of hydrogen-bond donors (Lipinski definition) is 2. The minimum absolute atomic E-state index is 0.211. The summed E-state index contributed by atoms with van der Waals surface area (Å²) in [6, 6.07) is 3.13. The Hall–Kier alpha value is -1.77. The first kappa shape index (κ1) is 16.6. The van der Waals surface area contributed by atoms with Gasteiger partial charge in [0.25, 0.3) is 5.91 Å². The lowest BCUT2D eigenvalue weighted by Gasteiger charge is -2.13. The lowest BCUT2D eigenvalue weighted by atomic mass is 10.1. The summed E-state index contributed by atoms with van der Waals surface area (Å²) >= 11 is 2.16. The smallest absolute Gasteiger partial charge is 0.326 e. The van der Waals surface area contributed by atoms with Gasteiger partial charge in [-0.2, -0.15) is 0 Å². The highest BCUT2D eigenvalue weighted by molar-refractivity contribution is 14.1. The van der Waals surface area contributed by atoms with Gasteiger partial charge in [0.15, 0.2) is 11.5 Å². The summed E-state index contributed by atoms with van der Waals surface area (Å²) in [6.45, 7) is 2.73. The summed E-state index contributed by atoms with van der Waals surface area (Å²) in [5, 5.41) is 4.61. The number of rotatable bonds is 6. The van der Waals surface area contributed by atoms with Gasteiger partial charge in [0, 0.05) is 0 Å². The number of methoxy groups -OCH3 is 1.